The normalized spacial score (nSPS) is 38.1. The first-order valence-corrected chi connectivity index (χ1v) is 15.8. The molecule has 5 rings (SSSR count). The van der Waals surface area contributed by atoms with Crippen LogP contribution in [0.25, 0.3) is 0 Å². The Kier molecular flexibility index (Phi) is 9.84. The van der Waals surface area contributed by atoms with Crippen LogP contribution in [0.1, 0.15) is 98.0 Å². The maximum absolute atomic E-state index is 6.40. The van der Waals surface area contributed by atoms with Crippen molar-refractivity contribution in [1.82, 2.24) is 5.32 Å². The minimum absolute atomic E-state index is 0.240. The van der Waals surface area contributed by atoms with Crippen molar-refractivity contribution in [3.05, 3.63) is 35.9 Å². The Morgan fingerprint density at radius 3 is 2.35 bits per heavy atom. The Bertz CT molecular complexity index is 822. The molecule has 1 aliphatic heterocycles. The van der Waals surface area contributed by atoms with E-state index < -0.39 is 0 Å². The van der Waals surface area contributed by atoms with Crippen molar-refractivity contribution in [3.63, 3.8) is 0 Å². The zero-order valence-electron chi connectivity index (χ0n) is 25.0. The van der Waals surface area contributed by atoms with E-state index in [1.54, 1.807) is 0 Å². The van der Waals surface area contributed by atoms with Crippen molar-refractivity contribution in [1.29, 1.82) is 0 Å². The molecule has 3 nitrogen and oxygen atoms in total. The van der Waals surface area contributed by atoms with Crippen LogP contribution in [-0.2, 0) is 16.1 Å². The summed E-state index contributed by atoms with van der Waals surface area (Å²) in [5.41, 5.74) is 2.52. The molecule has 0 bridgehead atoms. The van der Waals surface area contributed by atoms with Crippen molar-refractivity contribution in [2.75, 3.05) is 33.4 Å². The Morgan fingerprint density at radius 2 is 1.70 bits per heavy atom. The van der Waals surface area contributed by atoms with Crippen molar-refractivity contribution in [2.24, 2.45) is 45.8 Å². The van der Waals surface area contributed by atoms with Gasteiger partial charge in [0.1, 0.15) is 0 Å². The van der Waals surface area contributed by atoms with Gasteiger partial charge in [0.15, 0.2) is 0 Å². The molecule has 37 heavy (non-hydrogen) atoms. The fourth-order valence-corrected chi connectivity index (χ4v) is 9.73. The molecule has 1 saturated heterocycles. The second kappa shape index (κ2) is 12.5. The van der Waals surface area contributed by atoms with Crippen molar-refractivity contribution in [3.8, 4) is 0 Å². The van der Waals surface area contributed by atoms with E-state index in [2.05, 4.69) is 63.5 Å². The van der Waals surface area contributed by atoms with Crippen molar-refractivity contribution >= 4 is 0 Å². The van der Waals surface area contributed by atoms with Crippen molar-refractivity contribution in [2.45, 2.75) is 99.0 Å². The molecule has 3 heteroatoms. The SMILES string of the molecule is CC.CCCC1C2CCC3(C)C(CCC3C3(COCc4ccccc4)COC3)C2CCC1(C)CCNC. The van der Waals surface area contributed by atoms with E-state index in [1.165, 1.54) is 69.9 Å². The summed E-state index contributed by atoms with van der Waals surface area (Å²) < 4.78 is 12.3. The van der Waals surface area contributed by atoms with Gasteiger partial charge in [0.25, 0.3) is 0 Å². The zero-order chi connectivity index (χ0) is 26.5. The van der Waals surface area contributed by atoms with Gasteiger partial charge in [-0.15, -0.1) is 0 Å². The van der Waals surface area contributed by atoms with E-state index in [-0.39, 0.29) is 5.41 Å². The number of ether oxygens (including phenoxy) is 2. The van der Waals surface area contributed by atoms with Gasteiger partial charge in [0.05, 0.1) is 26.4 Å². The fourth-order valence-electron chi connectivity index (χ4n) is 9.73. The van der Waals surface area contributed by atoms with Gasteiger partial charge in [-0.05, 0) is 111 Å². The summed E-state index contributed by atoms with van der Waals surface area (Å²) in [5, 5.41) is 3.46. The van der Waals surface area contributed by atoms with Crippen LogP contribution >= 0.6 is 0 Å². The summed E-state index contributed by atoms with van der Waals surface area (Å²) in [7, 11) is 2.12. The molecule has 1 aromatic rings. The maximum atomic E-state index is 6.40. The summed E-state index contributed by atoms with van der Waals surface area (Å²) in [4.78, 5) is 0. The average molecular weight is 512 g/mol. The molecule has 210 valence electrons. The Labute approximate surface area is 228 Å². The molecule has 1 heterocycles. The summed E-state index contributed by atoms with van der Waals surface area (Å²) in [5.74, 6) is 4.48. The highest BCUT2D eigenvalue weighted by Gasteiger charge is 2.63. The zero-order valence-corrected chi connectivity index (χ0v) is 25.0. The van der Waals surface area contributed by atoms with E-state index in [4.69, 9.17) is 9.47 Å². The Balaban J connectivity index is 0.00000156. The standard InChI is InChI=1S/C32H51NO2.C2H6/c1-5-9-27-25-15-17-31(3)28(26(25)14-16-30(27,2)18-19-33-4)12-13-29(31)32(22-35-23-32)21-34-20-24-10-7-6-8-11-24;1-2/h6-8,10-11,25-29,33H,5,9,12-23H2,1-4H3;1-2H3. The average Bonchev–Trinajstić information content (AvgIpc) is 3.25. The third kappa shape index (κ3) is 5.57. The molecule has 4 fully saturated rings. The molecule has 1 N–H and O–H groups in total. The van der Waals surface area contributed by atoms with Crippen LogP contribution in [0, 0.1) is 45.8 Å². The molecule has 1 aromatic carbocycles. The molecule has 3 saturated carbocycles. The molecule has 3 aliphatic carbocycles. The lowest BCUT2D eigenvalue weighted by atomic mass is 9.46. The van der Waals surface area contributed by atoms with Gasteiger partial charge in [0, 0.05) is 5.41 Å². The van der Waals surface area contributed by atoms with Crippen molar-refractivity contribution < 1.29 is 9.47 Å². The Morgan fingerprint density at radius 1 is 0.973 bits per heavy atom. The van der Waals surface area contributed by atoms with Gasteiger partial charge in [-0.3, -0.25) is 0 Å². The van der Waals surface area contributed by atoms with E-state index in [0.717, 1.165) is 56.0 Å². The molecule has 0 spiro atoms. The summed E-state index contributed by atoms with van der Waals surface area (Å²) in [6, 6.07) is 10.7. The number of nitrogens with one attached hydrogen (secondary N) is 1. The molecule has 7 unspecified atom stereocenters. The van der Waals surface area contributed by atoms with E-state index >= 15 is 0 Å². The van der Waals surface area contributed by atoms with Crippen LogP contribution in [0.15, 0.2) is 30.3 Å². The molecule has 0 radical (unpaired) electrons. The minimum Gasteiger partial charge on any atom is -0.380 e. The molecular formula is C34H57NO2. The first-order chi connectivity index (χ1) is 18.0. The molecular weight excluding hydrogens is 454 g/mol. The number of hydrogen-bond donors (Lipinski definition) is 1. The highest BCUT2D eigenvalue weighted by Crippen LogP contribution is 2.68. The number of fused-ring (bicyclic) bond motifs is 3. The minimum atomic E-state index is 0.240. The van der Waals surface area contributed by atoms with Gasteiger partial charge < -0.3 is 14.8 Å². The predicted molar refractivity (Wildman–Crippen MR) is 156 cm³/mol. The summed E-state index contributed by atoms with van der Waals surface area (Å²) >= 11 is 0. The smallest absolute Gasteiger partial charge is 0.0717 e. The number of hydrogen-bond acceptors (Lipinski definition) is 3. The summed E-state index contributed by atoms with van der Waals surface area (Å²) in [6.07, 6.45) is 12.7. The lowest BCUT2D eigenvalue weighted by Gasteiger charge is -2.60. The first kappa shape index (κ1) is 29.1. The van der Waals surface area contributed by atoms with Gasteiger partial charge in [-0.2, -0.15) is 0 Å². The topological polar surface area (TPSA) is 30.5 Å². The third-order valence-corrected chi connectivity index (χ3v) is 11.5. The quantitative estimate of drug-likeness (QED) is 0.344. The van der Waals surface area contributed by atoms with Crippen LogP contribution < -0.4 is 5.32 Å². The number of rotatable bonds is 10. The second-order valence-corrected chi connectivity index (χ2v) is 13.4. The monoisotopic (exact) mass is 511 g/mol. The van der Waals surface area contributed by atoms with E-state index in [0.29, 0.717) is 10.8 Å². The molecule has 4 aliphatic rings. The third-order valence-electron chi connectivity index (χ3n) is 11.5. The van der Waals surface area contributed by atoms with Gasteiger partial charge in [-0.25, -0.2) is 0 Å². The Hall–Kier alpha value is -0.900. The summed E-state index contributed by atoms with van der Waals surface area (Å²) in [6.45, 7) is 16.3. The highest BCUT2D eigenvalue weighted by molar-refractivity contribution is 5.14. The van der Waals surface area contributed by atoms with E-state index in [1.807, 2.05) is 13.8 Å². The lowest BCUT2D eigenvalue weighted by Crippen LogP contribution is -2.58. The molecule has 0 amide bonds. The van der Waals surface area contributed by atoms with Crippen LogP contribution in [0.3, 0.4) is 0 Å². The van der Waals surface area contributed by atoms with Crippen LogP contribution in [0.4, 0.5) is 0 Å². The van der Waals surface area contributed by atoms with Crippen LogP contribution in [-0.4, -0.2) is 33.4 Å². The fraction of sp³-hybridized carbons (Fsp3) is 0.824. The van der Waals surface area contributed by atoms with Gasteiger partial charge >= 0.3 is 0 Å². The lowest BCUT2D eigenvalue weighted by molar-refractivity contribution is -0.209. The maximum Gasteiger partial charge on any atom is 0.0717 e. The predicted octanol–water partition coefficient (Wildman–Crippen LogP) is 8.13. The molecule has 7 atom stereocenters. The second-order valence-electron chi connectivity index (χ2n) is 13.4. The first-order valence-electron chi connectivity index (χ1n) is 15.8. The van der Waals surface area contributed by atoms with E-state index in [9.17, 15) is 0 Å². The molecule has 0 aromatic heterocycles. The van der Waals surface area contributed by atoms with Gasteiger partial charge in [-0.1, -0.05) is 71.4 Å². The number of benzene rings is 1. The van der Waals surface area contributed by atoms with Crippen LogP contribution in [0.5, 0.6) is 0 Å². The highest BCUT2D eigenvalue weighted by atomic mass is 16.5. The van der Waals surface area contributed by atoms with Gasteiger partial charge in [0.2, 0.25) is 0 Å². The van der Waals surface area contributed by atoms with Crippen LogP contribution in [0.2, 0.25) is 0 Å². The largest absolute Gasteiger partial charge is 0.380 e.